The number of hydrogen-bond acceptors (Lipinski definition) is 6. The van der Waals surface area contributed by atoms with Crippen LogP contribution in [0.4, 0.5) is 5.82 Å². The molecule has 2 aromatic rings. The SMILES string of the molecule is CC(C)(C)c1cc(N)no1.O=C(O)C1(S(=O)(=O)c2ccc(Cl)cc2)CCC1. The molecule has 1 aromatic heterocycles. The van der Waals surface area contributed by atoms with Gasteiger partial charge in [0.15, 0.2) is 20.4 Å². The Morgan fingerprint density at radius 1 is 1.26 bits per heavy atom. The first-order chi connectivity index (χ1) is 12.4. The van der Waals surface area contributed by atoms with Gasteiger partial charge in [-0.1, -0.05) is 37.5 Å². The van der Waals surface area contributed by atoms with E-state index in [-0.39, 0.29) is 23.2 Å². The van der Waals surface area contributed by atoms with E-state index in [2.05, 4.69) is 5.16 Å². The molecule has 1 fully saturated rings. The highest BCUT2D eigenvalue weighted by atomic mass is 35.5. The Morgan fingerprint density at radius 2 is 1.81 bits per heavy atom. The number of rotatable bonds is 3. The van der Waals surface area contributed by atoms with Crippen molar-refractivity contribution in [3.05, 3.63) is 41.1 Å². The second-order valence-corrected chi connectivity index (χ2v) is 10.2. The molecule has 0 bridgehead atoms. The van der Waals surface area contributed by atoms with Gasteiger partial charge in [0, 0.05) is 16.5 Å². The number of carboxylic acid groups (broad SMARTS) is 1. The number of halogens is 1. The van der Waals surface area contributed by atoms with Crippen LogP contribution in [0.1, 0.15) is 45.8 Å². The van der Waals surface area contributed by atoms with Crippen LogP contribution in [-0.2, 0) is 20.0 Å². The summed E-state index contributed by atoms with van der Waals surface area (Å²) in [5.74, 6) is 0.00799. The van der Waals surface area contributed by atoms with Gasteiger partial charge in [-0.15, -0.1) is 0 Å². The van der Waals surface area contributed by atoms with Gasteiger partial charge in [-0.25, -0.2) is 8.42 Å². The second kappa shape index (κ2) is 7.52. The minimum atomic E-state index is -3.84. The Bertz CT molecular complexity index is 910. The van der Waals surface area contributed by atoms with Gasteiger partial charge < -0.3 is 15.4 Å². The quantitative estimate of drug-likeness (QED) is 0.784. The average Bonchev–Trinajstić information content (AvgIpc) is 2.93. The Balaban J connectivity index is 0.000000223. The molecule has 1 saturated carbocycles. The lowest BCUT2D eigenvalue weighted by Gasteiger charge is -2.36. The lowest BCUT2D eigenvalue weighted by molar-refractivity contribution is -0.142. The predicted octanol–water partition coefficient (Wildman–Crippen LogP) is 3.68. The fourth-order valence-corrected chi connectivity index (χ4v) is 4.70. The number of nitrogen functional groups attached to an aromatic ring is 1. The van der Waals surface area contributed by atoms with Crippen LogP contribution in [0.25, 0.3) is 0 Å². The van der Waals surface area contributed by atoms with E-state index in [0.29, 0.717) is 17.3 Å². The fourth-order valence-electron chi connectivity index (χ4n) is 2.58. The van der Waals surface area contributed by atoms with Gasteiger partial charge in [-0.2, -0.15) is 0 Å². The molecule has 3 N–H and O–H groups in total. The highest BCUT2D eigenvalue weighted by molar-refractivity contribution is 7.93. The fraction of sp³-hybridized carbons (Fsp3) is 0.444. The lowest BCUT2D eigenvalue weighted by atomic mass is 9.84. The van der Waals surface area contributed by atoms with Gasteiger partial charge in [-0.3, -0.25) is 4.79 Å². The van der Waals surface area contributed by atoms with Crippen LogP contribution in [0.15, 0.2) is 39.8 Å². The van der Waals surface area contributed by atoms with Gasteiger partial charge in [0.2, 0.25) is 0 Å². The van der Waals surface area contributed by atoms with Crippen molar-refractivity contribution in [2.75, 3.05) is 5.73 Å². The minimum absolute atomic E-state index is 0.00458. The van der Waals surface area contributed by atoms with Crippen molar-refractivity contribution in [3.63, 3.8) is 0 Å². The van der Waals surface area contributed by atoms with Crippen LogP contribution in [0.3, 0.4) is 0 Å². The Hall–Kier alpha value is -2.06. The molecule has 0 atom stereocenters. The Morgan fingerprint density at radius 3 is 2.11 bits per heavy atom. The minimum Gasteiger partial charge on any atom is -0.480 e. The van der Waals surface area contributed by atoms with E-state index in [0.717, 1.165) is 5.76 Å². The number of nitrogens with zero attached hydrogens (tertiary/aromatic N) is 1. The monoisotopic (exact) mass is 414 g/mol. The number of sulfone groups is 1. The van der Waals surface area contributed by atoms with Crippen molar-refractivity contribution in [2.24, 2.45) is 0 Å². The molecule has 1 aliphatic carbocycles. The van der Waals surface area contributed by atoms with Gasteiger partial charge in [0.1, 0.15) is 5.76 Å². The van der Waals surface area contributed by atoms with Crippen molar-refractivity contribution >= 4 is 33.2 Å². The first-order valence-electron chi connectivity index (χ1n) is 8.36. The summed E-state index contributed by atoms with van der Waals surface area (Å²) in [7, 11) is -3.84. The number of carboxylic acids is 1. The molecular weight excluding hydrogens is 392 g/mol. The van der Waals surface area contributed by atoms with Crippen LogP contribution >= 0.6 is 11.6 Å². The van der Waals surface area contributed by atoms with E-state index in [1.165, 1.54) is 24.3 Å². The zero-order chi connectivity index (χ0) is 20.5. The molecule has 0 saturated heterocycles. The van der Waals surface area contributed by atoms with Crippen molar-refractivity contribution in [1.29, 1.82) is 0 Å². The van der Waals surface area contributed by atoms with E-state index in [1.54, 1.807) is 6.07 Å². The maximum absolute atomic E-state index is 12.3. The van der Waals surface area contributed by atoms with Crippen molar-refractivity contribution < 1.29 is 22.8 Å². The molecule has 1 aliphatic rings. The zero-order valence-electron chi connectivity index (χ0n) is 15.4. The van der Waals surface area contributed by atoms with Gasteiger partial charge in [0.05, 0.1) is 4.90 Å². The molecule has 1 heterocycles. The van der Waals surface area contributed by atoms with Gasteiger partial charge >= 0.3 is 5.97 Å². The Kier molecular flexibility index (Phi) is 5.91. The predicted molar refractivity (Wildman–Crippen MR) is 102 cm³/mol. The van der Waals surface area contributed by atoms with Gasteiger partial charge in [0.25, 0.3) is 0 Å². The Labute approximate surface area is 163 Å². The number of anilines is 1. The highest BCUT2D eigenvalue weighted by Gasteiger charge is 2.56. The molecule has 0 unspecified atom stereocenters. The number of hydrogen-bond donors (Lipinski definition) is 2. The molecule has 9 heteroatoms. The molecule has 27 heavy (non-hydrogen) atoms. The number of aromatic nitrogens is 1. The lowest BCUT2D eigenvalue weighted by Crippen LogP contribution is -2.51. The third-order valence-corrected chi connectivity index (χ3v) is 7.21. The number of benzene rings is 1. The average molecular weight is 415 g/mol. The maximum Gasteiger partial charge on any atom is 0.325 e. The number of aliphatic carboxylic acids is 1. The first-order valence-corrected chi connectivity index (χ1v) is 10.2. The topological polar surface area (TPSA) is 123 Å². The molecule has 0 aliphatic heterocycles. The number of nitrogens with two attached hydrogens (primary N) is 1. The highest BCUT2D eigenvalue weighted by Crippen LogP contribution is 2.43. The molecule has 7 nitrogen and oxygen atoms in total. The van der Waals surface area contributed by atoms with Crippen molar-refractivity contribution in [2.45, 2.75) is 55.1 Å². The van der Waals surface area contributed by atoms with Gasteiger partial charge in [-0.05, 0) is 43.5 Å². The van der Waals surface area contributed by atoms with Crippen molar-refractivity contribution in [3.8, 4) is 0 Å². The summed E-state index contributed by atoms with van der Waals surface area (Å²) in [4.78, 5) is 11.2. The third kappa shape index (κ3) is 4.27. The molecule has 0 spiro atoms. The first kappa shape index (κ1) is 21.2. The summed E-state index contributed by atoms with van der Waals surface area (Å²) in [5, 5.41) is 13.1. The molecular formula is C18H23ClN2O5S. The molecule has 148 valence electrons. The van der Waals surface area contributed by atoms with Crippen LogP contribution in [-0.4, -0.2) is 29.4 Å². The summed E-state index contributed by atoms with van der Waals surface area (Å²) in [6.07, 6.45) is 0.972. The smallest absolute Gasteiger partial charge is 0.325 e. The molecule has 3 rings (SSSR count). The summed E-state index contributed by atoms with van der Waals surface area (Å²) in [6, 6.07) is 7.34. The molecule has 0 radical (unpaired) electrons. The van der Waals surface area contributed by atoms with Crippen LogP contribution < -0.4 is 5.73 Å². The van der Waals surface area contributed by atoms with E-state index in [4.69, 9.17) is 27.0 Å². The standard InChI is InChI=1S/C11H11ClO4S.C7H12N2O/c12-8-2-4-9(5-3-8)17(15,16)11(10(13)14)6-1-7-11;1-7(2,3)5-4-6(8)9-10-5/h2-5H,1,6-7H2,(H,13,14);4H,1-3H3,(H2,8,9). The van der Waals surface area contributed by atoms with E-state index in [1.807, 2.05) is 20.8 Å². The second-order valence-electron chi connectivity index (χ2n) is 7.48. The summed E-state index contributed by atoms with van der Waals surface area (Å²) in [6.45, 7) is 6.15. The van der Waals surface area contributed by atoms with Crippen LogP contribution in [0.2, 0.25) is 5.02 Å². The molecule has 0 amide bonds. The summed E-state index contributed by atoms with van der Waals surface area (Å²) in [5.41, 5.74) is 5.38. The summed E-state index contributed by atoms with van der Waals surface area (Å²) < 4.78 is 27.8. The summed E-state index contributed by atoms with van der Waals surface area (Å²) >= 11 is 5.68. The van der Waals surface area contributed by atoms with Crippen molar-refractivity contribution in [1.82, 2.24) is 5.16 Å². The molecule has 1 aromatic carbocycles. The largest absolute Gasteiger partial charge is 0.480 e. The van der Waals surface area contributed by atoms with E-state index < -0.39 is 20.6 Å². The third-order valence-electron chi connectivity index (χ3n) is 4.46. The zero-order valence-corrected chi connectivity index (χ0v) is 17.0. The van der Waals surface area contributed by atoms with E-state index in [9.17, 15) is 13.2 Å². The van der Waals surface area contributed by atoms with E-state index >= 15 is 0 Å². The maximum atomic E-state index is 12.3. The van der Waals surface area contributed by atoms with Crippen LogP contribution in [0, 0.1) is 0 Å². The van der Waals surface area contributed by atoms with Crippen LogP contribution in [0.5, 0.6) is 0 Å². The normalized spacial score (nSPS) is 16.0. The number of carbonyl (C=O) groups is 1.